The van der Waals surface area contributed by atoms with Crippen molar-refractivity contribution in [3.8, 4) is 0 Å². The molecule has 0 saturated carbocycles. The van der Waals surface area contributed by atoms with E-state index < -0.39 is 0 Å². The van der Waals surface area contributed by atoms with Crippen molar-refractivity contribution in [3.05, 3.63) is 47.8 Å². The highest BCUT2D eigenvalue weighted by Crippen LogP contribution is 2.06. The van der Waals surface area contributed by atoms with Gasteiger partial charge >= 0.3 is 0 Å². The first kappa shape index (κ1) is 9.58. The molecule has 0 fully saturated rings. The Morgan fingerprint density at radius 2 is 2.13 bits per heavy atom. The van der Waals surface area contributed by atoms with Gasteiger partial charge in [0.1, 0.15) is 5.69 Å². The van der Waals surface area contributed by atoms with E-state index in [9.17, 15) is 4.79 Å². The first-order valence-electron chi connectivity index (χ1n) is 4.62. The van der Waals surface area contributed by atoms with Gasteiger partial charge in [0, 0.05) is 30.7 Å². The van der Waals surface area contributed by atoms with Crippen molar-refractivity contribution >= 4 is 5.78 Å². The van der Waals surface area contributed by atoms with Gasteiger partial charge in [-0.25, -0.2) is 4.98 Å². The topological polar surface area (TPSA) is 47.8 Å². The number of carbonyl (C=O) groups is 1. The van der Waals surface area contributed by atoms with Crippen molar-refractivity contribution in [1.82, 2.24) is 14.5 Å². The molecule has 0 aliphatic heterocycles. The van der Waals surface area contributed by atoms with Crippen molar-refractivity contribution in [2.24, 2.45) is 7.05 Å². The standard InChI is InChI=1S/C11H11N3O/c1-8-3-4-9(5-12-8)11(15)10-6-14(2)7-13-10/h3-7H,1-2H3. The molecule has 0 aromatic carbocycles. The van der Waals surface area contributed by atoms with Crippen LogP contribution >= 0.6 is 0 Å². The zero-order valence-electron chi connectivity index (χ0n) is 8.64. The van der Waals surface area contributed by atoms with Gasteiger partial charge in [-0.3, -0.25) is 9.78 Å². The van der Waals surface area contributed by atoms with Crippen LogP contribution in [0.25, 0.3) is 0 Å². The van der Waals surface area contributed by atoms with Gasteiger partial charge in [0.25, 0.3) is 0 Å². The third kappa shape index (κ3) is 1.93. The number of pyridine rings is 1. The molecule has 0 atom stereocenters. The van der Waals surface area contributed by atoms with Crippen molar-refractivity contribution < 1.29 is 4.79 Å². The molecule has 4 heteroatoms. The van der Waals surface area contributed by atoms with Crippen molar-refractivity contribution in [2.75, 3.05) is 0 Å². The fraction of sp³-hybridized carbons (Fsp3) is 0.182. The van der Waals surface area contributed by atoms with Crippen LogP contribution in [0.15, 0.2) is 30.9 Å². The highest BCUT2D eigenvalue weighted by atomic mass is 16.1. The molecule has 0 amide bonds. The summed E-state index contributed by atoms with van der Waals surface area (Å²) >= 11 is 0. The van der Waals surface area contributed by atoms with Crippen LogP contribution in [0.4, 0.5) is 0 Å². The van der Waals surface area contributed by atoms with E-state index >= 15 is 0 Å². The summed E-state index contributed by atoms with van der Waals surface area (Å²) in [6.45, 7) is 1.88. The van der Waals surface area contributed by atoms with Gasteiger partial charge < -0.3 is 4.57 Å². The summed E-state index contributed by atoms with van der Waals surface area (Å²) in [5, 5.41) is 0. The zero-order valence-corrected chi connectivity index (χ0v) is 8.64. The Morgan fingerprint density at radius 3 is 2.67 bits per heavy atom. The molecule has 4 nitrogen and oxygen atoms in total. The Labute approximate surface area is 87.6 Å². The molecule has 0 aliphatic carbocycles. The summed E-state index contributed by atoms with van der Waals surface area (Å²) in [7, 11) is 1.83. The van der Waals surface area contributed by atoms with Crippen LogP contribution in [0.1, 0.15) is 21.7 Å². The van der Waals surface area contributed by atoms with Crippen molar-refractivity contribution in [2.45, 2.75) is 6.92 Å². The number of imidazole rings is 1. The lowest BCUT2D eigenvalue weighted by Crippen LogP contribution is -2.02. The lowest BCUT2D eigenvalue weighted by Gasteiger charge is -1.97. The third-order valence-corrected chi connectivity index (χ3v) is 2.11. The average Bonchev–Trinajstić information content (AvgIpc) is 2.65. The Hall–Kier alpha value is -1.97. The monoisotopic (exact) mass is 201 g/mol. The molecule has 2 heterocycles. The van der Waals surface area contributed by atoms with E-state index in [-0.39, 0.29) is 5.78 Å². The fourth-order valence-electron chi connectivity index (χ4n) is 1.28. The summed E-state index contributed by atoms with van der Waals surface area (Å²) in [5.41, 5.74) is 1.91. The second-order valence-electron chi connectivity index (χ2n) is 3.44. The van der Waals surface area contributed by atoms with Gasteiger partial charge in [-0.15, -0.1) is 0 Å². The first-order chi connectivity index (χ1) is 7.16. The highest BCUT2D eigenvalue weighted by molar-refractivity contribution is 6.07. The minimum atomic E-state index is -0.0944. The molecule has 0 N–H and O–H groups in total. The Morgan fingerprint density at radius 1 is 1.33 bits per heavy atom. The second-order valence-corrected chi connectivity index (χ2v) is 3.44. The largest absolute Gasteiger partial charge is 0.340 e. The van der Waals surface area contributed by atoms with Gasteiger partial charge in [0.15, 0.2) is 0 Å². The molecule has 0 bridgehead atoms. The normalized spacial score (nSPS) is 10.3. The predicted molar refractivity (Wildman–Crippen MR) is 55.6 cm³/mol. The van der Waals surface area contributed by atoms with Gasteiger partial charge in [0.2, 0.25) is 5.78 Å². The first-order valence-corrected chi connectivity index (χ1v) is 4.62. The quantitative estimate of drug-likeness (QED) is 0.689. The number of aryl methyl sites for hydroxylation is 2. The van der Waals surface area contributed by atoms with Gasteiger partial charge in [-0.2, -0.15) is 0 Å². The predicted octanol–water partition coefficient (Wildman–Crippen LogP) is 1.35. The van der Waals surface area contributed by atoms with Gasteiger partial charge in [0.05, 0.1) is 6.33 Å². The minimum Gasteiger partial charge on any atom is -0.340 e. The maximum absolute atomic E-state index is 11.9. The smallest absolute Gasteiger partial charge is 0.214 e. The average molecular weight is 201 g/mol. The molecule has 0 unspecified atom stereocenters. The molecular weight excluding hydrogens is 190 g/mol. The molecule has 76 valence electrons. The zero-order chi connectivity index (χ0) is 10.8. The van der Waals surface area contributed by atoms with Crippen LogP contribution in [0.5, 0.6) is 0 Å². The summed E-state index contributed by atoms with van der Waals surface area (Å²) in [5.74, 6) is -0.0944. The van der Waals surface area contributed by atoms with Crippen LogP contribution in [-0.2, 0) is 7.05 Å². The van der Waals surface area contributed by atoms with E-state index in [0.717, 1.165) is 5.69 Å². The lowest BCUT2D eigenvalue weighted by atomic mass is 10.1. The number of hydrogen-bond donors (Lipinski definition) is 0. The Kier molecular flexibility index (Phi) is 2.33. The van der Waals surface area contributed by atoms with E-state index in [1.165, 1.54) is 0 Å². The van der Waals surface area contributed by atoms with Gasteiger partial charge in [-0.05, 0) is 19.1 Å². The number of nitrogens with zero attached hydrogens (tertiary/aromatic N) is 3. The van der Waals surface area contributed by atoms with Crippen LogP contribution < -0.4 is 0 Å². The maximum Gasteiger partial charge on any atom is 0.214 e. The molecule has 2 aromatic heterocycles. The SMILES string of the molecule is Cc1ccc(C(=O)c2cn(C)cn2)cn1. The molecule has 0 aliphatic rings. The molecule has 2 rings (SSSR count). The van der Waals surface area contributed by atoms with Crippen LogP contribution in [0.3, 0.4) is 0 Å². The molecule has 0 saturated heterocycles. The van der Waals surface area contributed by atoms with E-state index in [1.54, 1.807) is 29.4 Å². The summed E-state index contributed by atoms with van der Waals surface area (Å²) in [6.07, 6.45) is 4.88. The molecule has 2 aromatic rings. The fourth-order valence-corrected chi connectivity index (χ4v) is 1.28. The molecule has 0 spiro atoms. The van der Waals surface area contributed by atoms with E-state index in [0.29, 0.717) is 11.3 Å². The number of ketones is 1. The second kappa shape index (κ2) is 3.65. The van der Waals surface area contributed by atoms with Crippen molar-refractivity contribution in [1.29, 1.82) is 0 Å². The maximum atomic E-state index is 11.9. The summed E-state index contributed by atoms with van der Waals surface area (Å²) < 4.78 is 1.74. The van der Waals surface area contributed by atoms with Crippen LogP contribution in [-0.4, -0.2) is 20.3 Å². The van der Waals surface area contributed by atoms with E-state index in [2.05, 4.69) is 9.97 Å². The number of rotatable bonds is 2. The van der Waals surface area contributed by atoms with E-state index in [4.69, 9.17) is 0 Å². The molecular formula is C11H11N3O. The highest BCUT2D eigenvalue weighted by Gasteiger charge is 2.11. The van der Waals surface area contributed by atoms with Crippen LogP contribution in [0, 0.1) is 6.92 Å². The summed E-state index contributed by atoms with van der Waals surface area (Å²) in [6, 6.07) is 3.58. The van der Waals surface area contributed by atoms with Crippen molar-refractivity contribution in [3.63, 3.8) is 0 Å². The van der Waals surface area contributed by atoms with Gasteiger partial charge in [-0.1, -0.05) is 0 Å². The van der Waals surface area contributed by atoms with E-state index in [1.807, 2.05) is 20.0 Å². The van der Waals surface area contributed by atoms with Crippen LogP contribution in [0.2, 0.25) is 0 Å². The minimum absolute atomic E-state index is 0.0944. The molecule has 0 radical (unpaired) electrons. The summed E-state index contributed by atoms with van der Waals surface area (Å²) in [4.78, 5) is 19.9. The number of hydrogen-bond acceptors (Lipinski definition) is 3. The Bertz CT molecular complexity index is 485. The lowest BCUT2D eigenvalue weighted by molar-refractivity contribution is 0.103. The Balaban J connectivity index is 2.32. The third-order valence-electron chi connectivity index (χ3n) is 2.11. The molecule has 15 heavy (non-hydrogen) atoms. The number of carbonyl (C=O) groups excluding carboxylic acids is 1. The number of aromatic nitrogens is 3.